The molecule has 0 unspecified atom stereocenters. The minimum Gasteiger partial charge on any atom is -0.481 e. The first-order chi connectivity index (χ1) is 20.4. The van der Waals surface area contributed by atoms with E-state index in [1.807, 2.05) is 31.3 Å². The number of halogens is 3. The summed E-state index contributed by atoms with van der Waals surface area (Å²) in [5.74, 6) is 6.61. The zero-order valence-electron chi connectivity index (χ0n) is 23.5. The first-order valence-electron chi connectivity index (χ1n) is 13.6. The summed E-state index contributed by atoms with van der Waals surface area (Å²) >= 11 is 13.8. The van der Waals surface area contributed by atoms with Gasteiger partial charge in [0.1, 0.15) is 0 Å². The Balaban J connectivity index is 1.39. The molecule has 3 aromatic heterocycles. The van der Waals surface area contributed by atoms with Crippen LogP contribution in [-0.4, -0.2) is 52.5 Å². The Labute approximate surface area is 258 Å². The number of nitrogens with zero attached hydrogens (tertiary/aromatic N) is 3. The SMILES string of the molecule is C=S1CCC(NCc2ccnc(Nc3cccc(-c4nccc(-c5ccc(CNC)c(OC)n5)c4Cl)c3Cl)c2F)CC1. The van der Waals surface area contributed by atoms with Crippen LogP contribution < -0.4 is 20.7 Å². The highest BCUT2D eigenvalue weighted by atomic mass is 35.5. The van der Waals surface area contributed by atoms with Crippen molar-refractivity contribution in [1.82, 2.24) is 25.6 Å². The maximum atomic E-state index is 15.5. The van der Waals surface area contributed by atoms with Crippen molar-refractivity contribution < 1.29 is 9.13 Å². The van der Waals surface area contributed by atoms with Gasteiger partial charge in [0.15, 0.2) is 11.6 Å². The minimum atomic E-state index is -0.418. The maximum Gasteiger partial charge on any atom is 0.218 e. The average molecular weight is 628 g/mol. The maximum absolute atomic E-state index is 15.5. The molecule has 4 aromatic rings. The molecular formula is C31H33Cl2FN6OS. The molecule has 4 heterocycles. The first kappa shape index (κ1) is 30.4. The van der Waals surface area contributed by atoms with E-state index in [9.17, 15) is 0 Å². The second-order valence-electron chi connectivity index (χ2n) is 10.0. The van der Waals surface area contributed by atoms with E-state index in [0.29, 0.717) is 68.8 Å². The Kier molecular flexibility index (Phi) is 10.1. The summed E-state index contributed by atoms with van der Waals surface area (Å²) in [5, 5.41) is 10.4. The zero-order chi connectivity index (χ0) is 29.6. The standard InChI is InChI=1S/C31H33Cl2FN6OS/c1-35-17-20-7-8-24(40-31(20)41-2)22-10-14-36-29(27(22)33)23-5-4-6-25(26(23)32)39-30-28(34)19(9-13-37-30)18-38-21-11-15-42(3)16-12-21/h4-10,13-14,21,35,38H,3,11-12,15-18H2,1-2H3,(H,37,39). The van der Waals surface area contributed by atoms with Gasteiger partial charge in [-0.05, 0) is 55.7 Å². The fourth-order valence-corrected chi connectivity index (χ4v) is 6.93. The summed E-state index contributed by atoms with van der Waals surface area (Å²) < 4.78 is 21.0. The number of benzene rings is 1. The van der Waals surface area contributed by atoms with Crippen molar-refractivity contribution in [3.63, 3.8) is 0 Å². The third kappa shape index (κ3) is 6.76. The minimum absolute atomic E-state index is 0.0991. The van der Waals surface area contributed by atoms with Gasteiger partial charge in [0.05, 0.1) is 34.2 Å². The van der Waals surface area contributed by atoms with Gasteiger partial charge in [0, 0.05) is 53.8 Å². The fourth-order valence-electron chi connectivity index (χ4n) is 4.92. The zero-order valence-corrected chi connectivity index (χ0v) is 25.8. The molecule has 0 atom stereocenters. The second kappa shape index (κ2) is 13.9. The molecule has 1 fully saturated rings. The van der Waals surface area contributed by atoms with Gasteiger partial charge in [-0.25, -0.2) is 14.4 Å². The Morgan fingerprint density at radius 3 is 2.52 bits per heavy atom. The van der Waals surface area contributed by atoms with Crippen molar-refractivity contribution in [1.29, 1.82) is 0 Å². The van der Waals surface area contributed by atoms with Crippen LogP contribution in [0.3, 0.4) is 0 Å². The lowest BCUT2D eigenvalue weighted by atomic mass is 10.1. The monoisotopic (exact) mass is 626 g/mol. The van der Waals surface area contributed by atoms with Crippen molar-refractivity contribution in [2.75, 3.05) is 31.0 Å². The number of aromatic nitrogens is 3. The highest BCUT2D eigenvalue weighted by molar-refractivity contribution is 8.14. The summed E-state index contributed by atoms with van der Waals surface area (Å²) in [4.78, 5) is 13.4. The van der Waals surface area contributed by atoms with E-state index in [2.05, 4.69) is 36.8 Å². The van der Waals surface area contributed by atoms with Crippen molar-refractivity contribution in [3.05, 3.63) is 81.8 Å². The molecule has 1 aliphatic heterocycles. The summed E-state index contributed by atoms with van der Waals surface area (Å²) in [6.07, 6.45) is 5.38. The molecule has 0 amide bonds. The van der Waals surface area contributed by atoms with E-state index in [0.717, 1.165) is 29.9 Å². The normalized spacial score (nSPS) is 16.8. The van der Waals surface area contributed by atoms with Crippen LogP contribution in [0.25, 0.3) is 22.5 Å². The van der Waals surface area contributed by atoms with Crippen molar-refractivity contribution in [2.45, 2.75) is 32.0 Å². The molecule has 11 heteroatoms. The quantitative estimate of drug-likeness (QED) is 0.162. The molecule has 1 aliphatic rings. The number of rotatable bonds is 10. The van der Waals surface area contributed by atoms with Gasteiger partial charge in [0.2, 0.25) is 5.88 Å². The molecule has 5 rings (SSSR count). The Hall–Kier alpha value is -3.08. The molecule has 0 radical (unpaired) electrons. The Morgan fingerprint density at radius 2 is 1.76 bits per heavy atom. The van der Waals surface area contributed by atoms with Crippen molar-refractivity contribution >= 4 is 51.1 Å². The molecule has 0 saturated carbocycles. The van der Waals surface area contributed by atoms with Crippen molar-refractivity contribution in [2.24, 2.45) is 0 Å². The van der Waals surface area contributed by atoms with Gasteiger partial charge in [-0.15, -0.1) is 0 Å². The molecule has 7 nitrogen and oxygen atoms in total. The number of ether oxygens (including phenoxy) is 1. The molecule has 42 heavy (non-hydrogen) atoms. The van der Waals surface area contributed by atoms with Crippen LogP contribution in [0.15, 0.2) is 54.9 Å². The molecule has 3 N–H and O–H groups in total. The highest BCUT2D eigenvalue weighted by Crippen LogP contribution is 2.41. The molecule has 0 spiro atoms. The van der Waals surface area contributed by atoms with Gasteiger partial charge < -0.3 is 20.7 Å². The third-order valence-corrected chi connectivity index (χ3v) is 9.65. The van der Waals surface area contributed by atoms with Gasteiger partial charge in [0.25, 0.3) is 0 Å². The van der Waals surface area contributed by atoms with Crippen LogP contribution in [-0.2, 0) is 13.1 Å². The lowest BCUT2D eigenvalue weighted by Crippen LogP contribution is -2.32. The Morgan fingerprint density at radius 1 is 0.976 bits per heavy atom. The molecule has 0 aliphatic carbocycles. The average Bonchev–Trinajstić information content (AvgIpc) is 3.00. The van der Waals surface area contributed by atoms with Crippen LogP contribution in [0.5, 0.6) is 5.88 Å². The number of methoxy groups -OCH3 is 1. The van der Waals surface area contributed by atoms with Gasteiger partial charge in [-0.2, -0.15) is 10.5 Å². The summed E-state index contributed by atoms with van der Waals surface area (Å²) in [6.45, 7) is 1.04. The number of anilines is 2. The largest absolute Gasteiger partial charge is 0.481 e. The highest BCUT2D eigenvalue weighted by Gasteiger charge is 2.20. The summed E-state index contributed by atoms with van der Waals surface area (Å²) in [7, 11) is 3.70. The number of nitrogens with one attached hydrogen (secondary N) is 3. The molecule has 0 bridgehead atoms. The van der Waals surface area contributed by atoms with E-state index in [4.69, 9.17) is 27.9 Å². The molecule has 1 saturated heterocycles. The van der Waals surface area contributed by atoms with Crippen LogP contribution in [0.4, 0.5) is 15.9 Å². The van der Waals surface area contributed by atoms with E-state index in [1.165, 1.54) is 0 Å². The predicted octanol–water partition coefficient (Wildman–Crippen LogP) is 7.08. The van der Waals surface area contributed by atoms with Crippen LogP contribution in [0.1, 0.15) is 24.0 Å². The summed E-state index contributed by atoms with van der Waals surface area (Å²) in [6, 6.07) is 13.1. The predicted molar refractivity (Wildman–Crippen MR) is 174 cm³/mol. The number of pyridine rings is 3. The van der Waals surface area contributed by atoms with Gasteiger partial charge >= 0.3 is 0 Å². The molecule has 1 aromatic carbocycles. The number of hydrogen-bond acceptors (Lipinski definition) is 7. The topological polar surface area (TPSA) is 84.0 Å². The van der Waals surface area contributed by atoms with E-state index in [1.54, 1.807) is 37.7 Å². The van der Waals surface area contributed by atoms with Crippen LogP contribution >= 0.6 is 33.7 Å². The third-order valence-electron chi connectivity index (χ3n) is 7.23. The number of hydrogen-bond donors (Lipinski definition) is 3. The van der Waals surface area contributed by atoms with E-state index >= 15 is 4.39 Å². The summed E-state index contributed by atoms with van der Waals surface area (Å²) in [5.41, 5.74) is 4.35. The molecular weight excluding hydrogens is 594 g/mol. The van der Waals surface area contributed by atoms with Gasteiger partial charge in [-0.1, -0.05) is 47.3 Å². The molecule has 220 valence electrons. The second-order valence-corrected chi connectivity index (χ2v) is 12.8. The lowest BCUT2D eigenvalue weighted by Gasteiger charge is -2.25. The van der Waals surface area contributed by atoms with Crippen molar-refractivity contribution in [3.8, 4) is 28.4 Å². The van der Waals surface area contributed by atoms with Crippen LogP contribution in [0, 0.1) is 5.82 Å². The van der Waals surface area contributed by atoms with E-state index in [-0.39, 0.29) is 16.3 Å². The van der Waals surface area contributed by atoms with E-state index < -0.39 is 5.82 Å². The first-order valence-corrected chi connectivity index (χ1v) is 16.1. The fraction of sp³-hybridized carbons (Fsp3) is 0.290. The smallest absolute Gasteiger partial charge is 0.218 e. The van der Waals surface area contributed by atoms with Crippen LogP contribution in [0.2, 0.25) is 10.0 Å². The lowest BCUT2D eigenvalue weighted by molar-refractivity contribution is 0.392. The van der Waals surface area contributed by atoms with Gasteiger partial charge in [-0.3, -0.25) is 4.98 Å². The Bertz CT molecular complexity index is 1590.